The molecule has 0 spiro atoms. The molecule has 2 N–H and O–H groups in total. The van der Waals surface area contributed by atoms with E-state index in [0.29, 0.717) is 12.8 Å². The predicted octanol–water partition coefficient (Wildman–Crippen LogP) is 0.798. The van der Waals surface area contributed by atoms with Gasteiger partial charge in [0.05, 0.1) is 11.5 Å². The highest BCUT2D eigenvalue weighted by molar-refractivity contribution is 7.91. The highest BCUT2D eigenvalue weighted by Gasteiger charge is 2.37. The van der Waals surface area contributed by atoms with Gasteiger partial charge in [0.2, 0.25) is 0 Å². The SMILES string of the molecule is C[C@]1(NCCCCCC(=O)O)CCS(=O)(=O)C1. The molecule has 0 bridgehead atoms. The minimum Gasteiger partial charge on any atom is -0.481 e. The molecule has 1 rings (SSSR count). The van der Waals surface area contributed by atoms with Gasteiger partial charge in [0.15, 0.2) is 9.84 Å². The number of hydrogen-bond donors (Lipinski definition) is 2. The van der Waals surface area contributed by atoms with Crippen molar-refractivity contribution < 1.29 is 18.3 Å². The first-order valence-electron chi connectivity index (χ1n) is 6.00. The fourth-order valence-electron chi connectivity index (χ4n) is 2.12. The quantitative estimate of drug-likeness (QED) is 0.664. The van der Waals surface area contributed by atoms with Gasteiger partial charge in [-0.1, -0.05) is 6.42 Å². The molecule has 5 nitrogen and oxygen atoms in total. The molecule has 0 aromatic heterocycles. The second-order valence-corrected chi connectivity index (χ2v) is 7.22. The predicted molar refractivity (Wildman–Crippen MR) is 65.8 cm³/mol. The van der Waals surface area contributed by atoms with Crippen LogP contribution in [0.5, 0.6) is 0 Å². The molecule has 6 heteroatoms. The number of carboxylic acids is 1. The molecular formula is C11H21NO4S. The van der Waals surface area contributed by atoms with Crippen LogP contribution >= 0.6 is 0 Å². The Hall–Kier alpha value is -0.620. The summed E-state index contributed by atoms with van der Waals surface area (Å²) in [5, 5.41) is 11.7. The molecular weight excluding hydrogens is 242 g/mol. The lowest BCUT2D eigenvalue weighted by Crippen LogP contribution is -2.43. The van der Waals surface area contributed by atoms with Crippen LogP contribution in [0.2, 0.25) is 0 Å². The maximum atomic E-state index is 11.4. The van der Waals surface area contributed by atoms with Gasteiger partial charge < -0.3 is 10.4 Å². The van der Waals surface area contributed by atoms with Crippen LogP contribution in [0.15, 0.2) is 0 Å². The van der Waals surface area contributed by atoms with E-state index in [1.54, 1.807) is 0 Å². The molecule has 100 valence electrons. The summed E-state index contributed by atoms with van der Waals surface area (Å²) in [5.74, 6) is -0.267. The van der Waals surface area contributed by atoms with E-state index >= 15 is 0 Å². The summed E-state index contributed by atoms with van der Waals surface area (Å²) < 4.78 is 22.7. The van der Waals surface area contributed by atoms with E-state index in [1.807, 2.05) is 6.92 Å². The molecule has 1 aliphatic heterocycles. The van der Waals surface area contributed by atoms with Crippen molar-refractivity contribution in [2.75, 3.05) is 18.1 Å². The van der Waals surface area contributed by atoms with E-state index in [1.165, 1.54) is 0 Å². The van der Waals surface area contributed by atoms with Crippen LogP contribution in [-0.4, -0.2) is 43.1 Å². The minimum absolute atomic E-state index is 0.214. The molecule has 0 unspecified atom stereocenters. The number of hydrogen-bond acceptors (Lipinski definition) is 4. The van der Waals surface area contributed by atoms with Crippen LogP contribution in [0.3, 0.4) is 0 Å². The van der Waals surface area contributed by atoms with Crippen molar-refractivity contribution in [1.29, 1.82) is 0 Å². The first kappa shape index (κ1) is 14.4. The fourth-order valence-corrected chi connectivity index (χ4v) is 4.24. The Balaban J connectivity index is 2.13. The number of carbonyl (C=O) groups is 1. The van der Waals surface area contributed by atoms with Crippen molar-refractivity contribution in [3.05, 3.63) is 0 Å². The second-order valence-electron chi connectivity index (χ2n) is 5.03. The van der Waals surface area contributed by atoms with Gasteiger partial charge in [0.1, 0.15) is 0 Å². The first-order valence-corrected chi connectivity index (χ1v) is 7.82. The molecule has 1 atom stereocenters. The Labute approximate surface area is 103 Å². The van der Waals surface area contributed by atoms with E-state index in [2.05, 4.69) is 5.32 Å². The number of carboxylic acid groups (broad SMARTS) is 1. The van der Waals surface area contributed by atoms with Gasteiger partial charge in [-0.15, -0.1) is 0 Å². The third-order valence-corrected chi connectivity index (χ3v) is 5.03. The maximum absolute atomic E-state index is 11.4. The molecule has 0 aromatic rings. The van der Waals surface area contributed by atoms with E-state index in [0.717, 1.165) is 19.4 Å². The zero-order chi connectivity index (χ0) is 12.9. The highest BCUT2D eigenvalue weighted by Crippen LogP contribution is 2.22. The van der Waals surface area contributed by atoms with Crippen LogP contribution < -0.4 is 5.32 Å². The van der Waals surface area contributed by atoms with Crippen molar-refractivity contribution in [3.8, 4) is 0 Å². The van der Waals surface area contributed by atoms with Crippen LogP contribution in [0, 0.1) is 0 Å². The van der Waals surface area contributed by atoms with Crippen molar-refractivity contribution in [2.24, 2.45) is 0 Å². The standard InChI is InChI=1S/C11H21NO4S/c1-11(6-8-17(15,16)9-11)12-7-4-2-3-5-10(13)14/h12H,2-9H2,1H3,(H,13,14)/t11-/m0/s1. The van der Waals surface area contributed by atoms with Gasteiger partial charge in [-0.05, 0) is 32.7 Å². The molecule has 0 aromatic carbocycles. The molecule has 17 heavy (non-hydrogen) atoms. The highest BCUT2D eigenvalue weighted by atomic mass is 32.2. The Bertz CT molecular complexity index is 366. The van der Waals surface area contributed by atoms with Crippen LogP contribution in [0.4, 0.5) is 0 Å². The fraction of sp³-hybridized carbons (Fsp3) is 0.909. The summed E-state index contributed by atoms with van der Waals surface area (Å²) in [7, 11) is -2.85. The van der Waals surface area contributed by atoms with Crippen molar-refractivity contribution in [2.45, 2.75) is 44.6 Å². The lowest BCUT2D eigenvalue weighted by molar-refractivity contribution is -0.137. The third kappa shape index (κ3) is 5.50. The number of unbranched alkanes of at least 4 members (excludes halogenated alkanes) is 2. The molecule has 0 aliphatic carbocycles. The largest absolute Gasteiger partial charge is 0.481 e. The van der Waals surface area contributed by atoms with E-state index in [-0.39, 0.29) is 23.5 Å². The number of sulfone groups is 1. The molecule has 1 saturated heterocycles. The minimum atomic E-state index is -2.85. The number of aliphatic carboxylic acids is 1. The zero-order valence-electron chi connectivity index (χ0n) is 10.2. The number of rotatable bonds is 7. The summed E-state index contributed by atoms with van der Waals surface area (Å²) in [6.07, 6.45) is 3.33. The first-order chi connectivity index (χ1) is 7.83. The molecule has 1 heterocycles. The van der Waals surface area contributed by atoms with E-state index < -0.39 is 15.8 Å². The summed E-state index contributed by atoms with van der Waals surface area (Å²) in [5.41, 5.74) is -0.286. The second kappa shape index (κ2) is 5.82. The van der Waals surface area contributed by atoms with Gasteiger partial charge in [0.25, 0.3) is 0 Å². The molecule has 0 radical (unpaired) electrons. The van der Waals surface area contributed by atoms with E-state index in [4.69, 9.17) is 5.11 Å². The van der Waals surface area contributed by atoms with Gasteiger partial charge in [-0.3, -0.25) is 4.79 Å². The topological polar surface area (TPSA) is 83.5 Å². The van der Waals surface area contributed by atoms with Crippen LogP contribution in [-0.2, 0) is 14.6 Å². The summed E-state index contributed by atoms with van der Waals surface area (Å²) in [6.45, 7) is 2.69. The van der Waals surface area contributed by atoms with Crippen molar-refractivity contribution in [1.82, 2.24) is 5.32 Å². The molecule has 1 fully saturated rings. The normalized spacial score (nSPS) is 27.1. The number of nitrogens with one attached hydrogen (secondary N) is 1. The zero-order valence-corrected chi connectivity index (χ0v) is 11.1. The average Bonchev–Trinajstić information content (AvgIpc) is 2.47. The van der Waals surface area contributed by atoms with Crippen LogP contribution in [0.1, 0.15) is 39.0 Å². The monoisotopic (exact) mass is 263 g/mol. The van der Waals surface area contributed by atoms with Gasteiger partial charge in [0, 0.05) is 12.0 Å². The Morgan fingerprint density at radius 1 is 1.35 bits per heavy atom. The summed E-state index contributed by atoms with van der Waals surface area (Å²) in [6, 6.07) is 0. The Morgan fingerprint density at radius 3 is 2.59 bits per heavy atom. The van der Waals surface area contributed by atoms with E-state index in [9.17, 15) is 13.2 Å². The Kier molecular flexibility index (Phi) is 4.94. The van der Waals surface area contributed by atoms with Crippen LogP contribution in [0.25, 0.3) is 0 Å². The van der Waals surface area contributed by atoms with Crippen molar-refractivity contribution >= 4 is 15.8 Å². The average molecular weight is 263 g/mol. The molecule has 0 amide bonds. The van der Waals surface area contributed by atoms with Gasteiger partial charge >= 0.3 is 5.97 Å². The molecule has 1 aliphatic rings. The lowest BCUT2D eigenvalue weighted by atomic mass is 10.0. The maximum Gasteiger partial charge on any atom is 0.303 e. The Morgan fingerprint density at radius 2 is 2.06 bits per heavy atom. The third-order valence-electron chi connectivity index (χ3n) is 3.12. The van der Waals surface area contributed by atoms with Crippen molar-refractivity contribution in [3.63, 3.8) is 0 Å². The summed E-state index contributed by atoms with van der Waals surface area (Å²) in [4.78, 5) is 10.3. The molecule has 0 saturated carbocycles. The lowest BCUT2D eigenvalue weighted by Gasteiger charge is -2.23. The smallest absolute Gasteiger partial charge is 0.303 e. The van der Waals surface area contributed by atoms with Gasteiger partial charge in [-0.2, -0.15) is 0 Å². The van der Waals surface area contributed by atoms with Gasteiger partial charge in [-0.25, -0.2) is 8.42 Å². The summed E-state index contributed by atoms with van der Waals surface area (Å²) >= 11 is 0.